The van der Waals surface area contributed by atoms with Gasteiger partial charge in [0.1, 0.15) is 4.99 Å². The van der Waals surface area contributed by atoms with Crippen LogP contribution in [0.15, 0.2) is 40.6 Å². The molecule has 1 aromatic carbocycles. The molecule has 0 aliphatic heterocycles. The summed E-state index contributed by atoms with van der Waals surface area (Å²) in [6, 6.07) is 9.93. The summed E-state index contributed by atoms with van der Waals surface area (Å²) < 4.78 is 0. The van der Waals surface area contributed by atoms with E-state index in [1.54, 1.807) is 0 Å². The fourth-order valence-corrected chi connectivity index (χ4v) is 3.06. The van der Waals surface area contributed by atoms with Crippen molar-refractivity contribution in [1.82, 2.24) is 16.2 Å². The van der Waals surface area contributed by atoms with Crippen molar-refractivity contribution < 1.29 is 0 Å². The largest absolute Gasteiger partial charge is 0.336 e. The van der Waals surface area contributed by atoms with E-state index >= 15 is 0 Å². The van der Waals surface area contributed by atoms with Gasteiger partial charge in [-0.05, 0) is 51.7 Å². The van der Waals surface area contributed by atoms with Crippen LogP contribution in [0, 0.1) is 0 Å². The molecule has 0 saturated heterocycles. The number of rotatable bonds is 4. The van der Waals surface area contributed by atoms with Crippen LogP contribution in [-0.2, 0) is 0 Å². The molecule has 0 unspecified atom stereocenters. The fraction of sp³-hybridized carbons (Fsp3) is 0.529. The summed E-state index contributed by atoms with van der Waals surface area (Å²) in [4.78, 5) is 0.598. The molecule has 7 heteroatoms. The van der Waals surface area contributed by atoms with E-state index < -0.39 is 5.66 Å². The van der Waals surface area contributed by atoms with E-state index in [2.05, 4.69) is 26.4 Å². The van der Waals surface area contributed by atoms with Gasteiger partial charge in [-0.1, -0.05) is 49.0 Å². The second-order valence-corrected chi connectivity index (χ2v) is 7.12. The van der Waals surface area contributed by atoms with Gasteiger partial charge in [0, 0.05) is 5.56 Å². The molecule has 1 aliphatic carbocycles. The van der Waals surface area contributed by atoms with Gasteiger partial charge in [0.15, 0.2) is 10.8 Å². The van der Waals surface area contributed by atoms with Gasteiger partial charge in [-0.2, -0.15) is 10.2 Å². The molecule has 1 fully saturated rings. The van der Waals surface area contributed by atoms with Gasteiger partial charge in [-0.3, -0.25) is 10.9 Å². The van der Waals surface area contributed by atoms with E-state index in [0.717, 1.165) is 31.2 Å². The number of hydrogen-bond acceptors (Lipinski definition) is 4. The predicted octanol–water partition coefficient (Wildman–Crippen LogP) is 3.85. The molecule has 0 aromatic heterocycles. The molecular formula is C17H25N5S2. The summed E-state index contributed by atoms with van der Waals surface area (Å²) in [6.45, 7) is 4.05. The summed E-state index contributed by atoms with van der Waals surface area (Å²) in [5.74, 6) is 0. The first-order chi connectivity index (χ1) is 11.5. The van der Waals surface area contributed by atoms with Crippen molar-refractivity contribution in [3.05, 3.63) is 35.9 Å². The molecule has 0 bridgehead atoms. The highest BCUT2D eigenvalue weighted by molar-refractivity contribution is 7.81. The molecule has 0 heterocycles. The zero-order valence-electron chi connectivity index (χ0n) is 14.2. The molecule has 0 atom stereocenters. The first-order valence-electron chi connectivity index (χ1n) is 8.36. The third-order valence-corrected chi connectivity index (χ3v) is 4.37. The monoisotopic (exact) mass is 363 g/mol. The molecule has 24 heavy (non-hydrogen) atoms. The minimum atomic E-state index is -0.400. The van der Waals surface area contributed by atoms with E-state index in [1.165, 1.54) is 6.42 Å². The lowest BCUT2D eigenvalue weighted by molar-refractivity contribution is 0.260. The Kier molecular flexibility index (Phi) is 7.05. The molecular weight excluding hydrogens is 338 g/mol. The van der Waals surface area contributed by atoms with Gasteiger partial charge in [-0.25, -0.2) is 0 Å². The van der Waals surface area contributed by atoms with Crippen molar-refractivity contribution in [2.24, 2.45) is 10.2 Å². The van der Waals surface area contributed by atoms with Crippen LogP contribution in [0.5, 0.6) is 0 Å². The zero-order chi connectivity index (χ0) is 17.4. The van der Waals surface area contributed by atoms with Crippen LogP contribution >= 0.6 is 24.4 Å². The summed E-state index contributed by atoms with van der Waals surface area (Å²) >= 11 is 10.8. The molecule has 130 valence electrons. The van der Waals surface area contributed by atoms with Crippen molar-refractivity contribution >= 4 is 34.5 Å². The SMILES string of the molecule is CC(C)/N=N/C1(NC(=S)NNC(=S)c2ccccc2)CCCCC1. The molecule has 0 spiro atoms. The average molecular weight is 364 g/mol. The van der Waals surface area contributed by atoms with Gasteiger partial charge in [0.25, 0.3) is 0 Å². The third-order valence-electron chi connectivity index (χ3n) is 3.83. The van der Waals surface area contributed by atoms with E-state index in [0.29, 0.717) is 10.1 Å². The number of benzene rings is 1. The topological polar surface area (TPSA) is 60.8 Å². The smallest absolute Gasteiger partial charge is 0.187 e. The van der Waals surface area contributed by atoms with Crippen molar-refractivity contribution in [2.75, 3.05) is 0 Å². The second-order valence-electron chi connectivity index (χ2n) is 6.30. The van der Waals surface area contributed by atoms with Crippen molar-refractivity contribution in [3.63, 3.8) is 0 Å². The molecule has 0 amide bonds. The minimum Gasteiger partial charge on any atom is -0.336 e. The Morgan fingerprint density at radius 1 is 1.04 bits per heavy atom. The Morgan fingerprint density at radius 2 is 1.71 bits per heavy atom. The highest BCUT2D eigenvalue weighted by Crippen LogP contribution is 2.29. The molecule has 3 N–H and O–H groups in total. The number of hydrogen-bond donors (Lipinski definition) is 3. The summed E-state index contributed by atoms with van der Waals surface area (Å²) in [6.07, 6.45) is 5.37. The minimum absolute atomic E-state index is 0.177. The molecule has 1 aromatic rings. The van der Waals surface area contributed by atoms with Crippen molar-refractivity contribution in [3.8, 4) is 0 Å². The molecule has 1 saturated carbocycles. The average Bonchev–Trinajstić information content (AvgIpc) is 2.59. The van der Waals surface area contributed by atoms with E-state index in [1.807, 2.05) is 44.2 Å². The lowest BCUT2D eigenvalue weighted by Gasteiger charge is -2.34. The lowest BCUT2D eigenvalue weighted by atomic mass is 9.90. The number of nitrogens with zero attached hydrogens (tertiary/aromatic N) is 2. The highest BCUT2D eigenvalue weighted by atomic mass is 32.1. The molecule has 2 rings (SSSR count). The quantitative estimate of drug-likeness (QED) is 0.431. The Labute approximate surface area is 154 Å². The van der Waals surface area contributed by atoms with Crippen LogP contribution in [0.25, 0.3) is 0 Å². The standard InChI is InChI=1S/C17H25N5S2/c1-13(2)19-22-17(11-7-4-8-12-17)18-16(24)21-20-15(23)14-9-5-3-6-10-14/h3,5-6,9-10,13H,4,7-8,11-12H2,1-2H3,(H,20,23)(H2,18,21,24)/b22-19+. The van der Waals surface area contributed by atoms with E-state index in [4.69, 9.17) is 24.4 Å². The molecule has 5 nitrogen and oxygen atoms in total. The number of azo groups is 1. The van der Waals surface area contributed by atoms with Gasteiger partial charge in [0.05, 0.1) is 6.04 Å². The Bertz CT molecular complexity index is 580. The molecule has 0 radical (unpaired) electrons. The van der Waals surface area contributed by atoms with Crippen molar-refractivity contribution in [1.29, 1.82) is 0 Å². The van der Waals surface area contributed by atoms with Gasteiger partial charge in [0.2, 0.25) is 0 Å². The van der Waals surface area contributed by atoms with Gasteiger partial charge < -0.3 is 5.32 Å². The van der Waals surface area contributed by atoms with E-state index in [-0.39, 0.29) is 6.04 Å². The van der Waals surface area contributed by atoms with Gasteiger partial charge >= 0.3 is 0 Å². The zero-order valence-corrected chi connectivity index (χ0v) is 15.8. The van der Waals surface area contributed by atoms with Crippen LogP contribution < -0.4 is 16.2 Å². The van der Waals surface area contributed by atoms with Crippen LogP contribution in [0.4, 0.5) is 0 Å². The number of nitrogens with one attached hydrogen (secondary N) is 3. The van der Waals surface area contributed by atoms with Crippen LogP contribution in [0.3, 0.4) is 0 Å². The van der Waals surface area contributed by atoms with Crippen molar-refractivity contribution in [2.45, 2.75) is 57.7 Å². The first-order valence-corrected chi connectivity index (χ1v) is 9.18. The maximum Gasteiger partial charge on any atom is 0.187 e. The molecule has 1 aliphatic rings. The predicted molar refractivity (Wildman–Crippen MR) is 106 cm³/mol. The van der Waals surface area contributed by atoms with Crippen LogP contribution in [0.2, 0.25) is 0 Å². The maximum atomic E-state index is 5.41. The number of thiocarbonyl (C=S) groups is 2. The highest BCUT2D eigenvalue weighted by Gasteiger charge is 2.32. The Morgan fingerprint density at radius 3 is 2.33 bits per heavy atom. The van der Waals surface area contributed by atoms with Crippen LogP contribution in [0.1, 0.15) is 51.5 Å². The second kappa shape index (κ2) is 9.03. The third kappa shape index (κ3) is 5.79. The maximum absolute atomic E-state index is 5.41. The number of hydrazine groups is 1. The summed E-state index contributed by atoms with van der Waals surface area (Å²) in [7, 11) is 0. The Balaban J connectivity index is 1.92. The Hall–Kier alpha value is -1.60. The lowest BCUT2D eigenvalue weighted by Crippen LogP contribution is -2.55. The van der Waals surface area contributed by atoms with E-state index in [9.17, 15) is 0 Å². The fourth-order valence-electron chi connectivity index (χ4n) is 2.63. The van der Waals surface area contributed by atoms with Gasteiger partial charge in [-0.15, -0.1) is 0 Å². The normalized spacial score (nSPS) is 16.8. The van der Waals surface area contributed by atoms with Crippen LogP contribution in [-0.4, -0.2) is 21.8 Å². The first kappa shape index (κ1) is 18.7. The summed E-state index contributed by atoms with van der Waals surface area (Å²) in [5, 5.41) is 12.7. The summed E-state index contributed by atoms with van der Waals surface area (Å²) in [5.41, 5.74) is 6.48.